The van der Waals surface area contributed by atoms with Gasteiger partial charge in [0.05, 0.1) is 16.6 Å². The van der Waals surface area contributed by atoms with Gasteiger partial charge in [0.25, 0.3) is 5.70 Å². The second-order valence-corrected chi connectivity index (χ2v) is 4.61. The Morgan fingerprint density at radius 3 is 2.50 bits per heavy atom. The summed E-state index contributed by atoms with van der Waals surface area (Å²) in [5.74, 6) is -0.661. The molecule has 5 nitrogen and oxygen atoms in total. The van der Waals surface area contributed by atoms with Crippen molar-refractivity contribution < 1.29 is 10.0 Å². The Balaban J connectivity index is 3.51. The predicted octanol–water partition coefficient (Wildman–Crippen LogP) is 2.67. The Hall–Kier alpha value is -1.65. The predicted molar refractivity (Wildman–Crippen MR) is 61.1 cm³/mol. The van der Waals surface area contributed by atoms with Gasteiger partial charge in [0.15, 0.2) is 0 Å². The molecule has 88 valence electrons. The van der Waals surface area contributed by atoms with Gasteiger partial charge in [-0.3, -0.25) is 10.1 Å². The monoisotopic (exact) mass is 224 g/mol. The van der Waals surface area contributed by atoms with Crippen LogP contribution in [0.25, 0.3) is 0 Å². The van der Waals surface area contributed by atoms with E-state index in [1.807, 2.05) is 0 Å². The van der Waals surface area contributed by atoms with Crippen LogP contribution >= 0.6 is 0 Å². The molecule has 0 spiro atoms. The van der Waals surface area contributed by atoms with Crippen LogP contribution in [0.1, 0.15) is 27.7 Å². The molecule has 0 amide bonds. The normalized spacial score (nSPS) is 25.1. The lowest BCUT2D eigenvalue weighted by Gasteiger charge is -2.24. The molecule has 0 aliphatic heterocycles. The van der Waals surface area contributed by atoms with Crippen LogP contribution in [0, 0.1) is 26.9 Å². The van der Waals surface area contributed by atoms with Crippen LogP contribution in [0.5, 0.6) is 0 Å². The summed E-state index contributed by atoms with van der Waals surface area (Å²) < 4.78 is 0. The number of aliphatic hydroxyl groups excluding tert-OH is 1. The molecule has 5 heteroatoms. The van der Waals surface area contributed by atoms with Crippen LogP contribution in [-0.2, 0) is 0 Å². The van der Waals surface area contributed by atoms with Crippen molar-refractivity contribution in [3.05, 3.63) is 33.2 Å². The minimum absolute atomic E-state index is 0.0219. The van der Waals surface area contributed by atoms with Crippen molar-refractivity contribution in [2.24, 2.45) is 11.3 Å². The maximum absolute atomic E-state index is 11.0. The highest BCUT2D eigenvalue weighted by molar-refractivity contribution is 6.02. The summed E-state index contributed by atoms with van der Waals surface area (Å²) in [4.78, 5) is 10.6. The van der Waals surface area contributed by atoms with Crippen molar-refractivity contribution in [2.75, 3.05) is 0 Å². The first-order valence-corrected chi connectivity index (χ1v) is 5.05. The molecule has 0 saturated heterocycles. The molecular weight excluding hydrogens is 208 g/mol. The van der Waals surface area contributed by atoms with E-state index >= 15 is 0 Å². The first kappa shape index (κ1) is 12.4. The van der Waals surface area contributed by atoms with Crippen LogP contribution < -0.4 is 0 Å². The lowest BCUT2D eigenvalue weighted by atomic mass is 9.79. The first-order valence-electron chi connectivity index (χ1n) is 5.05. The highest BCUT2D eigenvalue weighted by Crippen LogP contribution is 2.37. The summed E-state index contributed by atoms with van der Waals surface area (Å²) in [5.41, 5.74) is -0.198. The van der Waals surface area contributed by atoms with Crippen molar-refractivity contribution in [1.82, 2.24) is 0 Å². The second-order valence-electron chi connectivity index (χ2n) is 4.61. The van der Waals surface area contributed by atoms with E-state index in [2.05, 4.69) is 0 Å². The van der Waals surface area contributed by atoms with E-state index in [0.717, 1.165) is 0 Å². The molecule has 0 aromatic rings. The van der Waals surface area contributed by atoms with Gasteiger partial charge in [-0.2, -0.15) is 0 Å². The minimum atomic E-state index is -0.812. The van der Waals surface area contributed by atoms with Crippen LogP contribution in [0.4, 0.5) is 0 Å². The maximum atomic E-state index is 11.0. The molecule has 1 atom stereocenters. The Bertz CT molecular complexity index is 419. The summed E-state index contributed by atoms with van der Waals surface area (Å²) in [6, 6.07) is 0. The topological polar surface area (TPSA) is 87.2 Å². The third-order valence-electron chi connectivity index (χ3n) is 3.24. The molecule has 0 heterocycles. The number of aliphatic hydroxyl groups is 1. The number of hydrogen-bond acceptors (Lipinski definition) is 4. The van der Waals surface area contributed by atoms with Gasteiger partial charge in [-0.25, -0.2) is 0 Å². The van der Waals surface area contributed by atoms with Crippen molar-refractivity contribution in [2.45, 2.75) is 27.7 Å². The standard InChI is InChI=1S/C11H16N2O3/c1-6-5-8(14)10(12)11(3,4)7(2)9(6)13(15)16/h5-6,12,14H,1-4H3. The molecule has 1 unspecified atom stereocenters. The average molecular weight is 224 g/mol. The summed E-state index contributed by atoms with van der Waals surface area (Å²) in [5, 5.41) is 28.5. The third kappa shape index (κ3) is 1.73. The smallest absolute Gasteiger partial charge is 0.252 e. The van der Waals surface area contributed by atoms with Gasteiger partial charge >= 0.3 is 0 Å². The van der Waals surface area contributed by atoms with Gasteiger partial charge in [0.1, 0.15) is 5.76 Å². The minimum Gasteiger partial charge on any atom is -0.506 e. The Kier molecular flexibility index (Phi) is 2.90. The lowest BCUT2D eigenvalue weighted by molar-refractivity contribution is -0.433. The molecule has 0 bridgehead atoms. The largest absolute Gasteiger partial charge is 0.506 e. The lowest BCUT2D eigenvalue weighted by Crippen LogP contribution is -2.27. The molecule has 16 heavy (non-hydrogen) atoms. The van der Waals surface area contributed by atoms with Crippen LogP contribution in [0.15, 0.2) is 23.1 Å². The molecule has 1 rings (SSSR count). The summed E-state index contributed by atoms with van der Waals surface area (Å²) in [7, 11) is 0. The quantitative estimate of drug-likeness (QED) is 0.530. The number of allylic oxidation sites excluding steroid dienone is 3. The zero-order valence-electron chi connectivity index (χ0n) is 9.87. The van der Waals surface area contributed by atoms with E-state index < -0.39 is 16.3 Å². The number of nitrogens with one attached hydrogen (secondary N) is 1. The fraction of sp³-hybridized carbons (Fsp3) is 0.545. The average Bonchev–Trinajstić information content (AvgIpc) is 2.19. The van der Waals surface area contributed by atoms with Gasteiger partial charge in [-0.1, -0.05) is 13.8 Å². The molecule has 1 aliphatic carbocycles. The Morgan fingerprint density at radius 2 is 2.06 bits per heavy atom. The van der Waals surface area contributed by atoms with E-state index in [4.69, 9.17) is 5.41 Å². The summed E-state index contributed by atoms with van der Waals surface area (Å²) >= 11 is 0. The fourth-order valence-electron chi connectivity index (χ4n) is 1.87. The van der Waals surface area contributed by atoms with Crippen LogP contribution in [-0.4, -0.2) is 15.7 Å². The zero-order valence-corrected chi connectivity index (χ0v) is 9.87. The van der Waals surface area contributed by atoms with Crippen LogP contribution in [0.2, 0.25) is 0 Å². The molecule has 0 fully saturated rings. The molecule has 0 radical (unpaired) electrons. The fourth-order valence-corrected chi connectivity index (χ4v) is 1.87. The molecule has 2 N–H and O–H groups in total. The van der Waals surface area contributed by atoms with Crippen molar-refractivity contribution >= 4 is 5.71 Å². The van der Waals surface area contributed by atoms with Crippen molar-refractivity contribution in [1.29, 1.82) is 5.41 Å². The molecule has 0 saturated carbocycles. The number of nitrogens with zero attached hydrogens (tertiary/aromatic N) is 1. The van der Waals surface area contributed by atoms with Gasteiger partial charge in [0, 0.05) is 11.0 Å². The van der Waals surface area contributed by atoms with Crippen molar-refractivity contribution in [3.8, 4) is 0 Å². The highest BCUT2D eigenvalue weighted by atomic mass is 16.6. The van der Waals surface area contributed by atoms with Gasteiger partial charge in [0.2, 0.25) is 0 Å². The Morgan fingerprint density at radius 1 is 1.56 bits per heavy atom. The van der Waals surface area contributed by atoms with E-state index in [9.17, 15) is 15.2 Å². The highest BCUT2D eigenvalue weighted by Gasteiger charge is 2.39. The summed E-state index contributed by atoms with van der Waals surface area (Å²) in [6.07, 6.45) is 1.36. The van der Waals surface area contributed by atoms with E-state index in [-0.39, 0.29) is 17.2 Å². The van der Waals surface area contributed by atoms with E-state index in [1.54, 1.807) is 27.7 Å². The number of hydrogen-bond donors (Lipinski definition) is 2. The second kappa shape index (κ2) is 3.73. The molecule has 0 aromatic heterocycles. The SMILES string of the molecule is CC1=C([N+](=O)[O-])C(C)C=C(O)C(=N)C1(C)C. The number of nitro groups is 1. The Labute approximate surface area is 94.1 Å². The first-order chi connectivity index (χ1) is 7.19. The molecular formula is C11H16N2O3. The van der Waals surface area contributed by atoms with Crippen molar-refractivity contribution in [3.63, 3.8) is 0 Å². The zero-order chi connectivity index (χ0) is 12.7. The third-order valence-corrected chi connectivity index (χ3v) is 3.24. The summed E-state index contributed by atoms with van der Waals surface area (Å²) in [6.45, 7) is 6.70. The van der Waals surface area contributed by atoms with E-state index in [0.29, 0.717) is 5.57 Å². The maximum Gasteiger partial charge on any atom is 0.252 e. The van der Waals surface area contributed by atoms with E-state index in [1.165, 1.54) is 6.08 Å². The van der Waals surface area contributed by atoms with Crippen LogP contribution in [0.3, 0.4) is 0 Å². The van der Waals surface area contributed by atoms with Gasteiger partial charge in [-0.05, 0) is 19.9 Å². The van der Waals surface area contributed by atoms with Gasteiger partial charge in [-0.15, -0.1) is 0 Å². The number of rotatable bonds is 1. The van der Waals surface area contributed by atoms with Gasteiger partial charge < -0.3 is 10.5 Å². The molecule has 0 aromatic carbocycles. The molecule has 1 aliphatic rings.